The molecule has 0 aliphatic carbocycles. The van der Waals surface area contributed by atoms with Crippen LogP contribution in [0, 0.1) is 5.92 Å². The van der Waals surface area contributed by atoms with Gasteiger partial charge in [-0.2, -0.15) is 8.78 Å². The Kier molecular flexibility index (Phi) is 7.92. The molecule has 8 heteroatoms. The zero-order valence-corrected chi connectivity index (χ0v) is 18.3. The van der Waals surface area contributed by atoms with Crippen LogP contribution in [0.1, 0.15) is 37.4 Å². The van der Waals surface area contributed by atoms with E-state index in [9.17, 15) is 13.6 Å². The Morgan fingerprint density at radius 1 is 1.06 bits per heavy atom. The number of methoxy groups -OCH3 is 1. The molecule has 32 heavy (non-hydrogen) atoms. The van der Waals surface area contributed by atoms with Gasteiger partial charge in [-0.1, -0.05) is 26.0 Å². The molecule has 0 bridgehead atoms. The van der Waals surface area contributed by atoms with Crippen molar-refractivity contribution in [1.29, 1.82) is 0 Å². The van der Waals surface area contributed by atoms with Crippen molar-refractivity contribution in [3.8, 4) is 23.0 Å². The summed E-state index contributed by atoms with van der Waals surface area (Å²) >= 11 is 0. The Morgan fingerprint density at radius 2 is 1.81 bits per heavy atom. The highest BCUT2D eigenvalue weighted by molar-refractivity contribution is 5.92. The van der Waals surface area contributed by atoms with Crippen LogP contribution < -0.4 is 24.3 Å². The number of benzene rings is 2. The van der Waals surface area contributed by atoms with E-state index in [1.165, 1.54) is 25.3 Å². The molecule has 1 N–H and O–H groups in total. The summed E-state index contributed by atoms with van der Waals surface area (Å²) in [5.41, 5.74) is 1.52. The quantitative estimate of drug-likeness (QED) is 0.578. The molecule has 0 saturated heterocycles. The predicted molar refractivity (Wildman–Crippen MR) is 116 cm³/mol. The van der Waals surface area contributed by atoms with Gasteiger partial charge in [0.2, 0.25) is 5.91 Å². The van der Waals surface area contributed by atoms with Gasteiger partial charge in [0.25, 0.3) is 0 Å². The maximum atomic E-state index is 12.6. The highest BCUT2D eigenvalue weighted by Crippen LogP contribution is 2.34. The van der Waals surface area contributed by atoms with Crippen LogP contribution in [0.25, 0.3) is 6.08 Å². The van der Waals surface area contributed by atoms with Gasteiger partial charge in [0.1, 0.15) is 0 Å². The first kappa shape index (κ1) is 23.4. The molecule has 3 rings (SSSR count). The van der Waals surface area contributed by atoms with Crippen molar-refractivity contribution in [2.75, 3.05) is 20.3 Å². The second-order valence-electron chi connectivity index (χ2n) is 7.61. The van der Waals surface area contributed by atoms with E-state index >= 15 is 0 Å². The minimum Gasteiger partial charge on any atom is -0.493 e. The fourth-order valence-corrected chi connectivity index (χ4v) is 3.36. The molecule has 0 saturated carbocycles. The first-order valence-corrected chi connectivity index (χ1v) is 10.4. The molecule has 0 spiro atoms. The van der Waals surface area contributed by atoms with Gasteiger partial charge in [-0.25, -0.2) is 0 Å². The standard InChI is InChI=1S/C24H27F2NO5/c1-15(2)23(17-7-9-18-21(14-17)31-12-4-11-30-18)27-22(28)10-6-16-5-8-19(32-24(25)26)20(13-16)29-3/h5-10,13-15,23-24H,4,11-12H2,1-3H3,(H,27,28)/b10-6+/t23-/m0/s1. The van der Waals surface area contributed by atoms with Crippen LogP contribution in [-0.2, 0) is 4.79 Å². The molecule has 6 nitrogen and oxygen atoms in total. The Bertz CT molecular complexity index is 961. The molecule has 172 valence electrons. The first-order valence-electron chi connectivity index (χ1n) is 10.4. The van der Waals surface area contributed by atoms with E-state index in [1.807, 2.05) is 32.0 Å². The number of amides is 1. The number of rotatable bonds is 8. The summed E-state index contributed by atoms with van der Waals surface area (Å²) in [6.07, 6.45) is 3.79. The second-order valence-corrected chi connectivity index (χ2v) is 7.61. The minimum atomic E-state index is -2.95. The average molecular weight is 447 g/mol. The summed E-state index contributed by atoms with van der Waals surface area (Å²) in [6.45, 7) is 2.28. The Labute approximate surface area is 186 Å². The number of alkyl halides is 2. The number of hydrogen-bond donors (Lipinski definition) is 1. The van der Waals surface area contributed by atoms with Crippen LogP contribution in [0.15, 0.2) is 42.5 Å². The normalized spacial score (nSPS) is 14.3. The minimum absolute atomic E-state index is 0.0709. The summed E-state index contributed by atoms with van der Waals surface area (Å²) in [4.78, 5) is 12.6. The first-order chi connectivity index (χ1) is 15.4. The molecule has 2 aromatic rings. The van der Waals surface area contributed by atoms with Gasteiger partial charge in [-0.05, 0) is 47.4 Å². The third-order valence-corrected chi connectivity index (χ3v) is 4.93. The summed E-state index contributed by atoms with van der Waals surface area (Å²) in [7, 11) is 1.36. The molecule has 1 heterocycles. The van der Waals surface area contributed by atoms with E-state index in [0.717, 1.165) is 12.0 Å². The van der Waals surface area contributed by atoms with Crippen LogP contribution >= 0.6 is 0 Å². The molecular weight excluding hydrogens is 420 g/mol. The lowest BCUT2D eigenvalue weighted by molar-refractivity contribution is -0.117. The fraction of sp³-hybridized carbons (Fsp3) is 0.375. The monoisotopic (exact) mass is 447 g/mol. The van der Waals surface area contributed by atoms with Crippen molar-refractivity contribution in [1.82, 2.24) is 5.32 Å². The summed E-state index contributed by atoms with van der Waals surface area (Å²) in [5.74, 6) is 1.30. The maximum absolute atomic E-state index is 12.6. The molecule has 1 aliphatic heterocycles. The molecular formula is C24H27F2NO5. The fourth-order valence-electron chi connectivity index (χ4n) is 3.36. The van der Waals surface area contributed by atoms with Gasteiger partial charge in [-0.15, -0.1) is 0 Å². The van der Waals surface area contributed by atoms with Crippen molar-refractivity contribution < 1.29 is 32.5 Å². The zero-order valence-electron chi connectivity index (χ0n) is 18.3. The number of fused-ring (bicyclic) bond motifs is 1. The largest absolute Gasteiger partial charge is 0.493 e. The van der Waals surface area contributed by atoms with Crippen molar-refractivity contribution >= 4 is 12.0 Å². The molecule has 1 amide bonds. The second kappa shape index (κ2) is 10.8. The van der Waals surface area contributed by atoms with Crippen molar-refractivity contribution in [3.63, 3.8) is 0 Å². The lowest BCUT2D eigenvalue weighted by Crippen LogP contribution is -2.30. The van der Waals surface area contributed by atoms with Gasteiger partial charge in [-0.3, -0.25) is 4.79 Å². The number of ether oxygens (including phenoxy) is 4. The highest BCUT2D eigenvalue weighted by atomic mass is 19.3. The van der Waals surface area contributed by atoms with Crippen LogP contribution in [0.2, 0.25) is 0 Å². The maximum Gasteiger partial charge on any atom is 0.387 e. The molecule has 0 aromatic heterocycles. The molecule has 0 radical (unpaired) electrons. The highest BCUT2D eigenvalue weighted by Gasteiger charge is 2.20. The van der Waals surface area contributed by atoms with E-state index < -0.39 is 6.61 Å². The third kappa shape index (κ3) is 6.12. The number of carbonyl (C=O) groups excluding carboxylic acids is 1. The van der Waals surface area contributed by atoms with Crippen molar-refractivity contribution in [2.45, 2.75) is 32.9 Å². The molecule has 2 aromatic carbocycles. The zero-order chi connectivity index (χ0) is 23.1. The average Bonchev–Trinajstić information content (AvgIpc) is 3.01. The summed E-state index contributed by atoms with van der Waals surface area (Å²) in [5, 5.41) is 3.01. The Hall–Kier alpha value is -3.29. The van der Waals surface area contributed by atoms with E-state index in [2.05, 4.69) is 10.1 Å². The van der Waals surface area contributed by atoms with Gasteiger partial charge in [0.15, 0.2) is 23.0 Å². The van der Waals surface area contributed by atoms with E-state index in [-0.39, 0.29) is 29.4 Å². The Morgan fingerprint density at radius 3 is 2.50 bits per heavy atom. The summed E-state index contributed by atoms with van der Waals surface area (Å²) < 4.78 is 45.9. The number of hydrogen-bond acceptors (Lipinski definition) is 5. The molecule has 0 unspecified atom stereocenters. The van der Waals surface area contributed by atoms with E-state index in [1.54, 1.807) is 12.1 Å². The third-order valence-electron chi connectivity index (χ3n) is 4.93. The molecule has 0 fully saturated rings. The topological polar surface area (TPSA) is 66.0 Å². The molecule has 1 aliphatic rings. The van der Waals surface area contributed by atoms with Crippen molar-refractivity contribution in [3.05, 3.63) is 53.6 Å². The van der Waals surface area contributed by atoms with Crippen LogP contribution in [0.5, 0.6) is 23.0 Å². The Balaban J connectivity index is 1.72. The summed E-state index contributed by atoms with van der Waals surface area (Å²) in [6, 6.07) is 9.91. The number of nitrogens with one attached hydrogen (secondary N) is 1. The number of halogens is 2. The van der Waals surface area contributed by atoms with Crippen LogP contribution in [0.3, 0.4) is 0 Å². The van der Waals surface area contributed by atoms with E-state index in [4.69, 9.17) is 14.2 Å². The molecule has 1 atom stereocenters. The van der Waals surface area contributed by atoms with Crippen LogP contribution in [-0.4, -0.2) is 32.8 Å². The number of carbonyl (C=O) groups is 1. The smallest absolute Gasteiger partial charge is 0.387 e. The lowest BCUT2D eigenvalue weighted by Gasteiger charge is -2.23. The predicted octanol–water partition coefficient (Wildman–Crippen LogP) is 4.98. The van der Waals surface area contributed by atoms with Gasteiger partial charge in [0.05, 0.1) is 26.4 Å². The van der Waals surface area contributed by atoms with Gasteiger partial charge >= 0.3 is 6.61 Å². The van der Waals surface area contributed by atoms with E-state index in [0.29, 0.717) is 30.3 Å². The van der Waals surface area contributed by atoms with Crippen molar-refractivity contribution in [2.24, 2.45) is 5.92 Å². The lowest BCUT2D eigenvalue weighted by atomic mass is 9.95. The SMILES string of the molecule is COc1cc(/C=C/C(=O)N[C@H](c2ccc3c(c2)OCCCO3)C(C)C)ccc1OC(F)F. The van der Waals surface area contributed by atoms with Gasteiger partial charge < -0.3 is 24.3 Å². The van der Waals surface area contributed by atoms with Gasteiger partial charge in [0, 0.05) is 12.5 Å². The van der Waals surface area contributed by atoms with Crippen LogP contribution in [0.4, 0.5) is 8.78 Å².